The van der Waals surface area contributed by atoms with Crippen LogP contribution < -0.4 is 0 Å². The highest BCUT2D eigenvalue weighted by Gasteiger charge is 2.29. The van der Waals surface area contributed by atoms with Crippen molar-refractivity contribution >= 4 is 16.3 Å². The van der Waals surface area contributed by atoms with Crippen molar-refractivity contribution < 1.29 is 13.2 Å². The predicted octanol–water partition coefficient (Wildman–Crippen LogP) is 1.29. The van der Waals surface area contributed by atoms with Crippen molar-refractivity contribution in [3.8, 4) is 0 Å². The molecule has 0 N–H and O–H groups in total. The molecule has 0 saturated carbocycles. The van der Waals surface area contributed by atoms with Gasteiger partial charge in [0, 0.05) is 19.0 Å². The summed E-state index contributed by atoms with van der Waals surface area (Å²) in [4.78, 5) is 11.0. The molecule has 0 radical (unpaired) electrons. The van der Waals surface area contributed by atoms with Crippen molar-refractivity contribution in [2.75, 3.05) is 13.1 Å². The standard InChI is InChI=1S/C12H15NO3S/c14-10-11-5-4-8-13(9-11)17(15,16)12-6-2-1-3-7-12/h1-3,6-7,10-11H,4-5,8-9H2. The normalized spacial score (nSPS) is 22.2. The van der Waals surface area contributed by atoms with Gasteiger partial charge in [-0.05, 0) is 25.0 Å². The molecule has 1 atom stereocenters. The summed E-state index contributed by atoms with van der Waals surface area (Å²) in [7, 11) is -3.43. The molecule has 0 bridgehead atoms. The molecule has 1 aliphatic heterocycles. The highest BCUT2D eigenvalue weighted by Crippen LogP contribution is 2.22. The third-order valence-electron chi connectivity index (χ3n) is 2.99. The Bertz CT molecular complexity index is 484. The van der Waals surface area contributed by atoms with Crippen molar-refractivity contribution in [2.45, 2.75) is 17.7 Å². The maximum atomic E-state index is 12.3. The van der Waals surface area contributed by atoms with E-state index < -0.39 is 10.0 Å². The molecule has 0 aliphatic carbocycles. The predicted molar refractivity (Wildman–Crippen MR) is 64.0 cm³/mol. The van der Waals surface area contributed by atoms with E-state index in [4.69, 9.17) is 0 Å². The van der Waals surface area contributed by atoms with Crippen LogP contribution in [-0.4, -0.2) is 32.1 Å². The molecule has 1 heterocycles. The zero-order chi connectivity index (χ0) is 12.3. The fourth-order valence-corrected chi connectivity index (χ4v) is 3.60. The first kappa shape index (κ1) is 12.3. The number of hydrogen-bond acceptors (Lipinski definition) is 3. The van der Waals surface area contributed by atoms with Gasteiger partial charge >= 0.3 is 0 Å². The van der Waals surface area contributed by atoms with Gasteiger partial charge in [0.05, 0.1) is 4.90 Å². The third kappa shape index (κ3) is 2.56. The fraction of sp³-hybridized carbons (Fsp3) is 0.417. The monoisotopic (exact) mass is 253 g/mol. The second-order valence-corrected chi connectivity index (χ2v) is 6.15. The van der Waals surface area contributed by atoms with Crippen molar-refractivity contribution in [3.05, 3.63) is 30.3 Å². The van der Waals surface area contributed by atoms with Crippen LogP contribution in [0.3, 0.4) is 0 Å². The number of nitrogens with zero attached hydrogens (tertiary/aromatic N) is 1. The molecule has 17 heavy (non-hydrogen) atoms. The number of aldehydes is 1. The lowest BCUT2D eigenvalue weighted by Gasteiger charge is -2.29. The van der Waals surface area contributed by atoms with Crippen molar-refractivity contribution in [1.82, 2.24) is 4.31 Å². The van der Waals surface area contributed by atoms with E-state index in [1.165, 1.54) is 4.31 Å². The molecule has 1 aliphatic rings. The van der Waals surface area contributed by atoms with Crippen LogP contribution >= 0.6 is 0 Å². The third-order valence-corrected chi connectivity index (χ3v) is 4.87. The number of carbonyl (C=O) groups is 1. The van der Waals surface area contributed by atoms with Crippen molar-refractivity contribution in [2.24, 2.45) is 5.92 Å². The van der Waals surface area contributed by atoms with Crippen LogP contribution in [0.15, 0.2) is 35.2 Å². The van der Waals surface area contributed by atoms with E-state index in [1.54, 1.807) is 30.3 Å². The van der Waals surface area contributed by atoms with Gasteiger partial charge in [0.25, 0.3) is 0 Å². The van der Waals surface area contributed by atoms with Gasteiger partial charge in [-0.2, -0.15) is 4.31 Å². The first-order chi connectivity index (χ1) is 8.14. The molecular weight excluding hydrogens is 238 g/mol. The molecule has 0 aromatic heterocycles. The number of sulfonamides is 1. The van der Waals surface area contributed by atoms with Crippen LogP contribution in [0.2, 0.25) is 0 Å². The second kappa shape index (κ2) is 4.98. The van der Waals surface area contributed by atoms with Gasteiger partial charge in [-0.25, -0.2) is 8.42 Å². The second-order valence-electron chi connectivity index (χ2n) is 4.21. The maximum absolute atomic E-state index is 12.3. The largest absolute Gasteiger partial charge is 0.303 e. The van der Waals surface area contributed by atoms with Gasteiger partial charge in [0.1, 0.15) is 6.29 Å². The average molecular weight is 253 g/mol. The smallest absolute Gasteiger partial charge is 0.243 e. The van der Waals surface area contributed by atoms with Gasteiger partial charge in [0.15, 0.2) is 0 Å². The molecule has 2 rings (SSSR count). The zero-order valence-corrected chi connectivity index (χ0v) is 10.3. The average Bonchev–Trinajstić information content (AvgIpc) is 2.40. The molecule has 5 heteroatoms. The molecule has 1 aromatic carbocycles. The van der Waals surface area contributed by atoms with E-state index >= 15 is 0 Å². The molecule has 0 amide bonds. The van der Waals surface area contributed by atoms with Crippen LogP contribution in [0.25, 0.3) is 0 Å². The minimum atomic E-state index is -3.43. The van der Waals surface area contributed by atoms with Gasteiger partial charge in [0.2, 0.25) is 10.0 Å². The van der Waals surface area contributed by atoms with E-state index in [2.05, 4.69) is 0 Å². The minimum Gasteiger partial charge on any atom is -0.303 e. The lowest BCUT2D eigenvalue weighted by Crippen LogP contribution is -2.40. The van der Waals surface area contributed by atoms with Gasteiger partial charge in [-0.1, -0.05) is 18.2 Å². The Balaban J connectivity index is 2.24. The summed E-state index contributed by atoms with van der Waals surface area (Å²) in [6.45, 7) is 0.808. The Hall–Kier alpha value is -1.20. The Kier molecular flexibility index (Phi) is 3.59. The molecule has 1 unspecified atom stereocenters. The SMILES string of the molecule is O=CC1CCCN(S(=O)(=O)c2ccccc2)C1. The maximum Gasteiger partial charge on any atom is 0.243 e. The Morgan fingerprint density at radius 3 is 2.59 bits per heavy atom. The first-order valence-electron chi connectivity index (χ1n) is 5.65. The van der Waals surface area contributed by atoms with Gasteiger partial charge in [-0.15, -0.1) is 0 Å². The quantitative estimate of drug-likeness (QED) is 0.763. The first-order valence-corrected chi connectivity index (χ1v) is 7.09. The Morgan fingerprint density at radius 1 is 1.24 bits per heavy atom. The Labute approximate surface area is 101 Å². The van der Waals surface area contributed by atoms with Gasteiger partial charge in [-0.3, -0.25) is 0 Å². The number of carbonyl (C=O) groups excluding carboxylic acids is 1. The Morgan fingerprint density at radius 2 is 1.94 bits per heavy atom. The summed E-state index contributed by atoms with van der Waals surface area (Å²) in [6, 6.07) is 8.35. The van der Waals surface area contributed by atoms with Crippen LogP contribution in [0.4, 0.5) is 0 Å². The molecule has 4 nitrogen and oxygen atoms in total. The fourth-order valence-electron chi connectivity index (χ4n) is 2.04. The molecule has 92 valence electrons. The van der Waals surface area contributed by atoms with E-state index in [-0.39, 0.29) is 5.92 Å². The number of hydrogen-bond donors (Lipinski definition) is 0. The zero-order valence-electron chi connectivity index (χ0n) is 9.45. The van der Waals surface area contributed by atoms with E-state index in [1.807, 2.05) is 0 Å². The lowest BCUT2D eigenvalue weighted by atomic mass is 10.0. The topological polar surface area (TPSA) is 54.5 Å². The highest BCUT2D eigenvalue weighted by atomic mass is 32.2. The lowest BCUT2D eigenvalue weighted by molar-refractivity contribution is -0.112. The van der Waals surface area contributed by atoms with Crippen LogP contribution in [0.5, 0.6) is 0 Å². The molecule has 1 fully saturated rings. The minimum absolute atomic E-state index is 0.165. The summed E-state index contributed by atoms with van der Waals surface area (Å²) in [5.41, 5.74) is 0. The van der Waals surface area contributed by atoms with Crippen molar-refractivity contribution in [3.63, 3.8) is 0 Å². The number of rotatable bonds is 3. The number of benzene rings is 1. The summed E-state index contributed by atoms with van der Waals surface area (Å²) in [5, 5.41) is 0. The molecule has 0 spiro atoms. The van der Waals surface area contributed by atoms with Crippen LogP contribution in [0, 0.1) is 5.92 Å². The van der Waals surface area contributed by atoms with E-state index in [0.717, 1.165) is 19.1 Å². The van der Waals surface area contributed by atoms with E-state index in [9.17, 15) is 13.2 Å². The van der Waals surface area contributed by atoms with Crippen molar-refractivity contribution in [1.29, 1.82) is 0 Å². The van der Waals surface area contributed by atoms with Crippen LogP contribution in [-0.2, 0) is 14.8 Å². The molecule has 1 aromatic rings. The van der Waals surface area contributed by atoms with Crippen LogP contribution in [0.1, 0.15) is 12.8 Å². The number of piperidine rings is 1. The summed E-state index contributed by atoms with van der Waals surface area (Å²) >= 11 is 0. The summed E-state index contributed by atoms with van der Waals surface area (Å²) in [6.07, 6.45) is 2.38. The highest BCUT2D eigenvalue weighted by molar-refractivity contribution is 7.89. The summed E-state index contributed by atoms with van der Waals surface area (Å²) < 4.78 is 25.9. The van der Waals surface area contributed by atoms with Gasteiger partial charge < -0.3 is 4.79 Å². The molecule has 1 saturated heterocycles. The summed E-state index contributed by atoms with van der Waals surface area (Å²) in [5.74, 6) is -0.165. The molecular formula is C12H15NO3S. The van der Waals surface area contributed by atoms with E-state index in [0.29, 0.717) is 18.0 Å².